The van der Waals surface area contributed by atoms with Crippen molar-refractivity contribution in [2.24, 2.45) is 4.99 Å². The Morgan fingerprint density at radius 1 is 1.27 bits per heavy atom. The summed E-state index contributed by atoms with van der Waals surface area (Å²) >= 11 is 0. The lowest BCUT2D eigenvalue weighted by molar-refractivity contribution is 0.201. The summed E-state index contributed by atoms with van der Waals surface area (Å²) in [4.78, 5) is 8.60. The van der Waals surface area contributed by atoms with E-state index in [1.165, 1.54) is 12.8 Å². The fourth-order valence-electron chi connectivity index (χ4n) is 3.03. The molecule has 0 radical (unpaired) electrons. The number of nitrogens with one attached hydrogen (secondary N) is 2. The maximum atomic E-state index is 5.97. The van der Waals surface area contributed by atoms with Gasteiger partial charge in [-0.15, -0.1) is 24.0 Å². The molecule has 3 rings (SSSR count). The standard InChI is InChI=1S/C19H27N5O.HI/c1-20-19(22-10-13-24-11-4-5-12-24)23-15-16-8-9-21-18(14-16)25-17-6-2-3-7-17;/h4-5,8-9,11-12,14,17H,2-3,6-7,10,13,15H2,1H3,(H2,20,22,23);1H. The number of aromatic nitrogens is 2. The molecule has 0 unspecified atom stereocenters. The van der Waals surface area contributed by atoms with E-state index in [9.17, 15) is 0 Å². The second kappa shape index (κ2) is 11.1. The van der Waals surface area contributed by atoms with Gasteiger partial charge < -0.3 is 19.9 Å². The molecular weight excluding hydrogens is 441 g/mol. The lowest BCUT2D eigenvalue weighted by atomic mass is 10.2. The Kier molecular flexibility index (Phi) is 8.73. The summed E-state index contributed by atoms with van der Waals surface area (Å²) in [5.74, 6) is 1.52. The van der Waals surface area contributed by atoms with Crippen LogP contribution in [0.5, 0.6) is 5.88 Å². The van der Waals surface area contributed by atoms with Gasteiger partial charge in [-0.1, -0.05) is 0 Å². The molecule has 2 N–H and O–H groups in total. The molecule has 6 nitrogen and oxygen atoms in total. The molecule has 1 fully saturated rings. The van der Waals surface area contributed by atoms with E-state index in [1.807, 2.05) is 30.5 Å². The molecular formula is C19H28IN5O. The van der Waals surface area contributed by atoms with Gasteiger partial charge in [-0.25, -0.2) is 4.98 Å². The summed E-state index contributed by atoms with van der Waals surface area (Å²) in [6.07, 6.45) is 11.1. The molecule has 0 spiro atoms. The van der Waals surface area contributed by atoms with Crippen LogP contribution in [0.3, 0.4) is 0 Å². The summed E-state index contributed by atoms with van der Waals surface area (Å²) in [7, 11) is 1.78. The van der Waals surface area contributed by atoms with Gasteiger partial charge in [0.1, 0.15) is 6.10 Å². The maximum Gasteiger partial charge on any atom is 0.213 e. The smallest absolute Gasteiger partial charge is 0.213 e. The van der Waals surface area contributed by atoms with Crippen LogP contribution in [0.4, 0.5) is 0 Å². The van der Waals surface area contributed by atoms with Crippen molar-refractivity contribution in [3.8, 4) is 5.88 Å². The largest absolute Gasteiger partial charge is 0.474 e. The Labute approximate surface area is 172 Å². The molecule has 7 heteroatoms. The molecule has 1 saturated carbocycles. The van der Waals surface area contributed by atoms with E-state index in [4.69, 9.17) is 4.74 Å². The molecule has 0 bridgehead atoms. The molecule has 142 valence electrons. The number of rotatable bonds is 7. The number of halogens is 1. The SMILES string of the molecule is CN=C(NCCn1cccc1)NCc1ccnc(OC2CCCC2)c1.I. The Balaban J connectivity index is 0.00000243. The quantitative estimate of drug-likeness (QED) is 0.372. The summed E-state index contributed by atoms with van der Waals surface area (Å²) < 4.78 is 8.10. The number of guanidine groups is 1. The molecule has 1 aliphatic carbocycles. The summed E-state index contributed by atoms with van der Waals surface area (Å²) in [5.41, 5.74) is 1.14. The summed E-state index contributed by atoms with van der Waals surface area (Å²) in [5, 5.41) is 6.66. The van der Waals surface area contributed by atoms with Crippen molar-refractivity contribution in [3.63, 3.8) is 0 Å². The second-order valence-corrected chi connectivity index (χ2v) is 6.30. The van der Waals surface area contributed by atoms with E-state index < -0.39 is 0 Å². The zero-order chi connectivity index (χ0) is 17.3. The second-order valence-electron chi connectivity index (χ2n) is 6.30. The number of nitrogens with zero attached hydrogens (tertiary/aromatic N) is 3. The first kappa shape index (κ1) is 20.5. The molecule has 0 aromatic carbocycles. The predicted octanol–water partition coefficient (Wildman–Crippen LogP) is 3.19. The van der Waals surface area contributed by atoms with Gasteiger partial charge >= 0.3 is 0 Å². The zero-order valence-electron chi connectivity index (χ0n) is 15.2. The van der Waals surface area contributed by atoms with E-state index >= 15 is 0 Å². The van der Waals surface area contributed by atoms with Crippen molar-refractivity contribution in [1.82, 2.24) is 20.2 Å². The van der Waals surface area contributed by atoms with E-state index in [0.29, 0.717) is 12.6 Å². The highest BCUT2D eigenvalue weighted by atomic mass is 127. The summed E-state index contributed by atoms with van der Waals surface area (Å²) in [6, 6.07) is 8.07. The Morgan fingerprint density at radius 3 is 2.77 bits per heavy atom. The highest BCUT2D eigenvalue weighted by Crippen LogP contribution is 2.23. The molecule has 26 heavy (non-hydrogen) atoms. The van der Waals surface area contributed by atoms with Crippen LogP contribution < -0.4 is 15.4 Å². The van der Waals surface area contributed by atoms with Crippen LogP contribution in [0.25, 0.3) is 0 Å². The monoisotopic (exact) mass is 469 g/mol. The molecule has 0 atom stereocenters. The van der Waals surface area contributed by atoms with Gasteiger partial charge in [0.2, 0.25) is 5.88 Å². The summed E-state index contributed by atoms with van der Waals surface area (Å²) in [6.45, 7) is 2.41. The Morgan fingerprint density at radius 2 is 2.04 bits per heavy atom. The van der Waals surface area contributed by atoms with E-state index in [1.54, 1.807) is 7.05 Å². The topological polar surface area (TPSA) is 63.5 Å². The minimum atomic E-state index is 0. The maximum absolute atomic E-state index is 5.97. The number of pyridine rings is 1. The average Bonchev–Trinajstić information content (AvgIpc) is 3.32. The fraction of sp³-hybridized carbons (Fsp3) is 0.474. The van der Waals surface area contributed by atoms with Crippen LogP contribution in [-0.2, 0) is 13.1 Å². The van der Waals surface area contributed by atoms with Crippen molar-refractivity contribution in [2.45, 2.75) is 44.9 Å². The van der Waals surface area contributed by atoms with E-state index in [0.717, 1.165) is 43.3 Å². The van der Waals surface area contributed by atoms with Crippen LogP contribution in [0, 0.1) is 0 Å². The first-order valence-corrected chi connectivity index (χ1v) is 9.00. The van der Waals surface area contributed by atoms with Gasteiger partial charge in [-0.2, -0.15) is 0 Å². The van der Waals surface area contributed by atoms with Gasteiger partial charge in [0.05, 0.1) is 0 Å². The van der Waals surface area contributed by atoms with Crippen LogP contribution in [0.1, 0.15) is 31.2 Å². The number of hydrogen-bond donors (Lipinski definition) is 2. The lowest BCUT2D eigenvalue weighted by Crippen LogP contribution is -2.38. The first-order valence-electron chi connectivity index (χ1n) is 9.00. The number of ether oxygens (including phenoxy) is 1. The molecule has 0 aliphatic heterocycles. The van der Waals surface area contributed by atoms with Crippen molar-refractivity contribution < 1.29 is 4.74 Å². The van der Waals surface area contributed by atoms with Gasteiger partial charge in [-0.05, 0) is 49.4 Å². The third-order valence-corrected chi connectivity index (χ3v) is 4.40. The van der Waals surface area contributed by atoms with E-state index in [-0.39, 0.29) is 24.0 Å². The van der Waals surface area contributed by atoms with Crippen LogP contribution >= 0.6 is 24.0 Å². The highest BCUT2D eigenvalue weighted by molar-refractivity contribution is 14.0. The predicted molar refractivity (Wildman–Crippen MR) is 115 cm³/mol. The average molecular weight is 469 g/mol. The molecule has 2 heterocycles. The fourth-order valence-corrected chi connectivity index (χ4v) is 3.03. The molecule has 2 aromatic heterocycles. The van der Waals surface area contributed by atoms with Crippen molar-refractivity contribution in [3.05, 3.63) is 48.4 Å². The third kappa shape index (κ3) is 6.51. The molecule has 1 aliphatic rings. The molecule has 0 saturated heterocycles. The van der Waals surface area contributed by atoms with Gasteiger partial charge in [-0.3, -0.25) is 4.99 Å². The highest BCUT2D eigenvalue weighted by Gasteiger charge is 2.17. The Hall–Kier alpha value is -1.77. The molecule has 0 amide bonds. The van der Waals surface area contributed by atoms with Crippen molar-refractivity contribution >= 4 is 29.9 Å². The van der Waals surface area contributed by atoms with Gasteiger partial charge in [0.15, 0.2) is 5.96 Å². The minimum Gasteiger partial charge on any atom is -0.474 e. The normalized spacial score (nSPS) is 14.7. The van der Waals surface area contributed by atoms with Crippen molar-refractivity contribution in [1.29, 1.82) is 0 Å². The first-order chi connectivity index (χ1) is 12.3. The van der Waals surface area contributed by atoms with Crippen LogP contribution in [0.15, 0.2) is 47.8 Å². The van der Waals surface area contributed by atoms with Crippen LogP contribution in [-0.4, -0.2) is 35.2 Å². The minimum absolute atomic E-state index is 0. The molecule has 2 aromatic rings. The van der Waals surface area contributed by atoms with Crippen LogP contribution in [0.2, 0.25) is 0 Å². The third-order valence-electron chi connectivity index (χ3n) is 4.40. The van der Waals surface area contributed by atoms with Gasteiger partial charge in [0.25, 0.3) is 0 Å². The zero-order valence-corrected chi connectivity index (χ0v) is 17.6. The van der Waals surface area contributed by atoms with Gasteiger partial charge in [0, 0.05) is 51.3 Å². The Bertz CT molecular complexity index is 668. The van der Waals surface area contributed by atoms with E-state index in [2.05, 4.69) is 37.6 Å². The number of aliphatic imine (C=N–C) groups is 1. The van der Waals surface area contributed by atoms with Crippen molar-refractivity contribution in [2.75, 3.05) is 13.6 Å². The number of hydrogen-bond acceptors (Lipinski definition) is 3. The lowest BCUT2D eigenvalue weighted by Gasteiger charge is -2.14.